The highest BCUT2D eigenvalue weighted by Crippen LogP contribution is 2.14. The van der Waals surface area contributed by atoms with Crippen molar-refractivity contribution in [2.45, 2.75) is 232 Å². The van der Waals surface area contributed by atoms with Gasteiger partial charge in [0.1, 0.15) is 13.2 Å². The summed E-state index contributed by atoms with van der Waals surface area (Å²) in [6.07, 6.45) is 59.0. The van der Waals surface area contributed by atoms with Crippen LogP contribution >= 0.6 is 0 Å². The molecule has 6 nitrogen and oxygen atoms in total. The van der Waals surface area contributed by atoms with Gasteiger partial charge in [-0.2, -0.15) is 0 Å². The predicted molar refractivity (Wildman–Crippen MR) is 251 cm³/mol. The maximum Gasteiger partial charge on any atom is 0.306 e. The molecule has 338 valence electrons. The molecule has 6 heteroatoms. The lowest BCUT2D eigenvalue weighted by molar-refractivity contribution is -0.167. The van der Waals surface area contributed by atoms with Gasteiger partial charge in [-0.25, -0.2) is 0 Å². The van der Waals surface area contributed by atoms with Gasteiger partial charge in [0, 0.05) is 19.3 Å². The Balaban J connectivity index is 4.35. The Labute approximate surface area is 363 Å². The van der Waals surface area contributed by atoms with Crippen molar-refractivity contribution in [1.82, 2.24) is 0 Å². The Morgan fingerprint density at radius 3 is 1.07 bits per heavy atom. The van der Waals surface area contributed by atoms with Crippen LogP contribution in [0.25, 0.3) is 0 Å². The first kappa shape index (κ1) is 55.9. The van der Waals surface area contributed by atoms with Gasteiger partial charge in [0.25, 0.3) is 0 Å². The van der Waals surface area contributed by atoms with Gasteiger partial charge in [0.15, 0.2) is 6.10 Å². The first-order chi connectivity index (χ1) is 29.0. The molecule has 0 spiro atoms. The van der Waals surface area contributed by atoms with Crippen molar-refractivity contribution in [2.24, 2.45) is 0 Å². The molecule has 0 aliphatic rings. The fraction of sp³-hybridized carbons (Fsp3) is 0.717. The van der Waals surface area contributed by atoms with Crippen LogP contribution in [0.2, 0.25) is 0 Å². The van der Waals surface area contributed by atoms with Gasteiger partial charge in [-0.15, -0.1) is 0 Å². The van der Waals surface area contributed by atoms with Gasteiger partial charge >= 0.3 is 17.9 Å². The molecule has 0 heterocycles. The summed E-state index contributed by atoms with van der Waals surface area (Å²) < 4.78 is 16.7. The Morgan fingerprint density at radius 2 is 0.661 bits per heavy atom. The molecule has 0 aromatic heterocycles. The van der Waals surface area contributed by atoms with E-state index in [2.05, 4.69) is 93.7 Å². The molecule has 0 fully saturated rings. The smallest absolute Gasteiger partial charge is 0.306 e. The molecule has 0 aromatic rings. The number of allylic oxidation sites excluding steroid dienone is 12. The summed E-state index contributed by atoms with van der Waals surface area (Å²) in [4.78, 5) is 37.8. The lowest BCUT2D eigenvalue weighted by Crippen LogP contribution is -2.30. The van der Waals surface area contributed by atoms with Crippen molar-refractivity contribution in [1.29, 1.82) is 0 Å². The molecule has 0 N–H and O–H groups in total. The number of carbonyl (C=O) groups is 3. The molecule has 1 atom stereocenters. The maximum absolute atomic E-state index is 12.7. The second-order valence-corrected chi connectivity index (χ2v) is 16.0. The van der Waals surface area contributed by atoms with Gasteiger partial charge in [-0.3, -0.25) is 14.4 Å². The Bertz CT molecular complexity index is 1130. The highest BCUT2D eigenvalue weighted by atomic mass is 16.6. The molecular formula is C53H90O6. The summed E-state index contributed by atoms with van der Waals surface area (Å²) in [6, 6.07) is 0. The van der Waals surface area contributed by atoms with Gasteiger partial charge in [-0.1, -0.05) is 196 Å². The molecule has 0 rings (SSSR count). The normalized spacial score (nSPS) is 12.7. The van der Waals surface area contributed by atoms with Crippen molar-refractivity contribution in [3.8, 4) is 0 Å². The average Bonchev–Trinajstić information content (AvgIpc) is 3.23. The highest BCUT2D eigenvalue weighted by molar-refractivity contribution is 5.71. The van der Waals surface area contributed by atoms with Crippen molar-refractivity contribution in [3.63, 3.8) is 0 Å². The monoisotopic (exact) mass is 823 g/mol. The van der Waals surface area contributed by atoms with Gasteiger partial charge in [0.05, 0.1) is 0 Å². The van der Waals surface area contributed by atoms with Crippen molar-refractivity contribution in [3.05, 3.63) is 72.9 Å². The lowest BCUT2D eigenvalue weighted by atomic mass is 10.0. The number of unbranched alkanes of at least 4 members (excludes halogenated alkanes) is 20. The SMILES string of the molecule is CC/C=C\C/C=C\C/C=C\C/C=C\CCCCCCCCC(=O)OCC(COC(=O)CCCC/C=C\C/C=C\CC)OC(=O)CCCCCCCCCCCCCCC. The number of ether oxygens (including phenoxy) is 3. The van der Waals surface area contributed by atoms with Crippen LogP contribution in [0.3, 0.4) is 0 Å². The molecule has 0 amide bonds. The summed E-state index contributed by atoms with van der Waals surface area (Å²) in [6.45, 7) is 6.35. The minimum atomic E-state index is -0.790. The summed E-state index contributed by atoms with van der Waals surface area (Å²) in [5.74, 6) is -0.943. The summed E-state index contributed by atoms with van der Waals surface area (Å²) in [5.41, 5.74) is 0. The molecule has 0 saturated carbocycles. The molecule has 0 aromatic carbocycles. The largest absolute Gasteiger partial charge is 0.462 e. The van der Waals surface area contributed by atoms with Gasteiger partial charge < -0.3 is 14.2 Å². The number of carbonyl (C=O) groups excluding carboxylic acids is 3. The van der Waals surface area contributed by atoms with E-state index in [1.54, 1.807) is 0 Å². The van der Waals surface area contributed by atoms with Gasteiger partial charge in [-0.05, 0) is 83.5 Å². The van der Waals surface area contributed by atoms with E-state index in [0.717, 1.165) is 103 Å². The third-order valence-electron chi connectivity index (χ3n) is 10.2. The lowest BCUT2D eigenvalue weighted by Gasteiger charge is -2.18. The van der Waals surface area contributed by atoms with E-state index in [1.807, 2.05) is 0 Å². The van der Waals surface area contributed by atoms with Gasteiger partial charge in [0.2, 0.25) is 0 Å². The zero-order valence-corrected chi connectivity index (χ0v) is 38.5. The van der Waals surface area contributed by atoms with Crippen LogP contribution in [0.1, 0.15) is 226 Å². The van der Waals surface area contributed by atoms with E-state index >= 15 is 0 Å². The minimum Gasteiger partial charge on any atom is -0.462 e. The number of hydrogen-bond acceptors (Lipinski definition) is 6. The molecular weight excluding hydrogens is 733 g/mol. The standard InChI is InChI=1S/C53H90O6/c1-4-7-10-13-16-19-21-23-24-25-26-27-28-30-31-34-37-40-43-46-52(55)58-49-50(48-57-51(54)45-42-39-36-33-18-15-12-9-6-3)59-53(56)47-44-41-38-35-32-29-22-20-17-14-11-8-5-2/h7,9-10,12,16,18-19,23-24,26-27,33,50H,4-6,8,11,13-15,17,20-22,25,28-32,34-49H2,1-3H3/b10-7-,12-9-,19-16-,24-23-,27-26-,33-18-. The first-order valence-electron chi connectivity index (χ1n) is 24.4. The quantitative estimate of drug-likeness (QED) is 0.0264. The van der Waals surface area contributed by atoms with Crippen molar-refractivity contribution in [2.75, 3.05) is 13.2 Å². The van der Waals surface area contributed by atoms with Crippen LogP contribution in [0.4, 0.5) is 0 Å². The van der Waals surface area contributed by atoms with E-state index in [4.69, 9.17) is 14.2 Å². The number of rotatable bonds is 43. The molecule has 0 aliphatic heterocycles. The van der Waals surface area contributed by atoms with Crippen LogP contribution in [-0.4, -0.2) is 37.2 Å². The summed E-state index contributed by atoms with van der Waals surface area (Å²) in [7, 11) is 0. The second-order valence-electron chi connectivity index (χ2n) is 16.0. The number of esters is 3. The van der Waals surface area contributed by atoms with E-state index in [1.165, 1.54) is 83.5 Å². The maximum atomic E-state index is 12.7. The van der Waals surface area contributed by atoms with E-state index in [-0.39, 0.29) is 31.1 Å². The summed E-state index contributed by atoms with van der Waals surface area (Å²) >= 11 is 0. The number of hydrogen-bond donors (Lipinski definition) is 0. The second kappa shape index (κ2) is 47.5. The Kier molecular flexibility index (Phi) is 45.0. The first-order valence-corrected chi connectivity index (χ1v) is 24.4. The average molecular weight is 823 g/mol. The van der Waals surface area contributed by atoms with E-state index < -0.39 is 6.10 Å². The van der Waals surface area contributed by atoms with Crippen molar-refractivity contribution >= 4 is 17.9 Å². The van der Waals surface area contributed by atoms with Crippen LogP contribution in [0, 0.1) is 0 Å². The molecule has 0 saturated heterocycles. The fourth-order valence-electron chi connectivity index (χ4n) is 6.59. The van der Waals surface area contributed by atoms with Crippen LogP contribution in [-0.2, 0) is 28.6 Å². The van der Waals surface area contributed by atoms with E-state index in [0.29, 0.717) is 19.3 Å². The van der Waals surface area contributed by atoms with E-state index in [9.17, 15) is 14.4 Å². The molecule has 0 radical (unpaired) electrons. The molecule has 0 bridgehead atoms. The fourth-order valence-corrected chi connectivity index (χ4v) is 6.59. The third-order valence-corrected chi connectivity index (χ3v) is 10.2. The molecule has 1 unspecified atom stereocenters. The van der Waals surface area contributed by atoms with Crippen LogP contribution in [0.15, 0.2) is 72.9 Å². The predicted octanol–water partition coefficient (Wildman–Crippen LogP) is 15.9. The van der Waals surface area contributed by atoms with Crippen molar-refractivity contribution < 1.29 is 28.6 Å². The summed E-state index contributed by atoms with van der Waals surface area (Å²) in [5, 5.41) is 0. The van der Waals surface area contributed by atoms with Crippen LogP contribution < -0.4 is 0 Å². The van der Waals surface area contributed by atoms with Crippen LogP contribution in [0.5, 0.6) is 0 Å². The Morgan fingerprint density at radius 1 is 0.356 bits per heavy atom. The minimum absolute atomic E-state index is 0.0922. The highest BCUT2D eigenvalue weighted by Gasteiger charge is 2.19. The zero-order chi connectivity index (χ0) is 43.0. The third kappa shape index (κ3) is 45.8. The molecule has 0 aliphatic carbocycles. The molecule has 59 heavy (non-hydrogen) atoms. The Hall–Kier alpha value is -3.15. The topological polar surface area (TPSA) is 78.9 Å². The zero-order valence-electron chi connectivity index (χ0n) is 38.5.